The molecule has 6 heteroatoms. The maximum atomic E-state index is 11.9. The molecule has 0 aliphatic carbocycles. The average Bonchev–Trinajstić information content (AvgIpc) is 3.06. The molecule has 2 aromatic carbocycles. The van der Waals surface area contributed by atoms with Crippen molar-refractivity contribution in [3.63, 3.8) is 0 Å². The third kappa shape index (κ3) is 4.73. The van der Waals surface area contributed by atoms with E-state index in [1.54, 1.807) is 17.0 Å². The van der Waals surface area contributed by atoms with Crippen molar-refractivity contribution < 1.29 is 9.59 Å². The number of carbonyl (C=O) groups is 2. The van der Waals surface area contributed by atoms with Crippen molar-refractivity contribution in [3.8, 4) is 0 Å². The fraction of sp³-hybridized carbons (Fsp3) is 0.263. The highest BCUT2D eigenvalue weighted by atomic mass is 35.5. The number of hydrogen-bond donors (Lipinski definition) is 2. The van der Waals surface area contributed by atoms with E-state index in [9.17, 15) is 9.59 Å². The van der Waals surface area contributed by atoms with Crippen LogP contribution < -0.4 is 15.5 Å². The van der Waals surface area contributed by atoms with E-state index in [-0.39, 0.29) is 11.9 Å². The number of urea groups is 1. The lowest BCUT2D eigenvalue weighted by Crippen LogP contribution is -2.34. The van der Waals surface area contributed by atoms with Crippen molar-refractivity contribution in [2.75, 3.05) is 11.4 Å². The molecule has 3 rings (SSSR count). The number of amides is 3. The molecule has 1 aliphatic rings. The van der Waals surface area contributed by atoms with Crippen LogP contribution >= 0.6 is 11.6 Å². The number of anilines is 1. The van der Waals surface area contributed by atoms with Crippen LogP contribution in [0.25, 0.3) is 0 Å². The molecule has 0 aromatic heterocycles. The topological polar surface area (TPSA) is 61.4 Å². The lowest BCUT2D eigenvalue weighted by atomic mass is 10.2. The van der Waals surface area contributed by atoms with Crippen LogP contribution in [0.4, 0.5) is 10.5 Å². The minimum absolute atomic E-state index is 0.174. The van der Waals surface area contributed by atoms with Crippen LogP contribution in [0, 0.1) is 0 Å². The van der Waals surface area contributed by atoms with Crippen molar-refractivity contribution in [2.45, 2.75) is 25.9 Å². The Labute approximate surface area is 152 Å². The van der Waals surface area contributed by atoms with E-state index in [4.69, 9.17) is 11.6 Å². The van der Waals surface area contributed by atoms with Crippen LogP contribution in [0.2, 0.25) is 5.02 Å². The molecule has 1 aliphatic heterocycles. The lowest BCUT2D eigenvalue weighted by molar-refractivity contribution is -0.117. The fourth-order valence-electron chi connectivity index (χ4n) is 2.74. The van der Waals surface area contributed by atoms with E-state index in [1.165, 1.54) is 0 Å². The molecule has 3 amide bonds. The Bertz CT molecular complexity index is 744. The smallest absolute Gasteiger partial charge is 0.315 e. The summed E-state index contributed by atoms with van der Waals surface area (Å²) in [4.78, 5) is 25.4. The molecule has 0 radical (unpaired) electrons. The second-order valence-corrected chi connectivity index (χ2v) is 6.41. The van der Waals surface area contributed by atoms with Gasteiger partial charge in [0, 0.05) is 36.8 Å². The van der Waals surface area contributed by atoms with Crippen molar-refractivity contribution in [1.82, 2.24) is 10.6 Å². The van der Waals surface area contributed by atoms with Gasteiger partial charge in [-0.15, -0.1) is 0 Å². The van der Waals surface area contributed by atoms with Gasteiger partial charge in [0.15, 0.2) is 0 Å². The first-order valence-corrected chi connectivity index (χ1v) is 8.65. The summed E-state index contributed by atoms with van der Waals surface area (Å²) >= 11 is 5.83. The molecule has 2 aromatic rings. The summed E-state index contributed by atoms with van der Waals surface area (Å²) < 4.78 is 0. The van der Waals surface area contributed by atoms with Crippen molar-refractivity contribution >= 4 is 29.2 Å². The number of benzene rings is 2. The largest absolute Gasteiger partial charge is 0.334 e. The summed E-state index contributed by atoms with van der Waals surface area (Å²) in [7, 11) is 0. The molecule has 1 heterocycles. The molecule has 2 N–H and O–H groups in total. The Balaban J connectivity index is 1.45. The standard InChI is InChI=1S/C19H20ClN3O2/c20-16-7-3-14(4-8-16)12-21-19(25)22-13-15-5-9-17(10-6-15)23-11-1-2-18(23)24/h3-10H,1-2,11-13H2,(H2,21,22,25). The number of hydrogen-bond acceptors (Lipinski definition) is 2. The van der Waals surface area contributed by atoms with Gasteiger partial charge in [-0.2, -0.15) is 0 Å². The molecule has 1 fully saturated rings. The zero-order valence-corrected chi connectivity index (χ0v) is 14.6. The van der Waals surface area contributed by atoms with E-state index in [1.807, 2.05) is 36.4 Å². The highest BCUT2D eigenvalue weighted by Gasteiger charge is 2.21. The Kier molecular flexibility index (Phi) is 5.56. The van der Waals surface area contributed by atoms with Gasteiger partial charge in [0.2, 0.25) is 5.91 Å². The highest BCUT2D eigenvalue weighted by molar-refractivity contribution is 6.30. The Morgan fingerprint density at radius 3 is 2.04 bits per heavy atom. The Morgan fingerprint density at radius 2 is 1.52 bits per heavy atom. The monoisotopic (exact) mass is 357 g/mol. The summed E-state index contributed by atoms with van der Waals surface area (Å²) in [6.45, 7) is 1.66. The number of nitrogens with one attached hydrogen (secondary N) is 2. The minimum atomic E-state index is -0.228. The van der Waals surface area contributed by atoms with Gasteiger partial charge in [-0.05, 0) is 41.8 Å². The zero-order valence-electron chi connectivity index (χ0n) is 13.8. The molecular formula is C19H20ClN3O2. The van der Waals surface area contributed by atoms with Crippen LogP contribution in [-0.4, -0.2) is 18.5 Å². The normalized spacial score (nSPS) is 13.8. The predicted molar refractivity (Wildman–Crippen MR) is 98.6 cm³/mol. The van der Waals surface area contributed by atoms with Gasteiger partial charge in [-0.1, -0.05) is 35.9 Å². The number of halogens is 1. The first kappa shape index (κ1) is 17.3. The second kappa shape index (κ2) is 8.03. The van der Waals surface area contributed by atoms with E-state index in [2.05, 4.69) is 10.6 Å². The molecular weight excluding hydrogens is 338 g/mol. The Morgan fingerprint density at radius 1 is 0.960 bits per heavy atom. The van der Waals surface area contributed by atoms with Gasteiger partial charge in [-0.3, -0.25) is 4.79 Å². The fourth-order valence-corrected chi connectivity index (χ4v) is 2.87. The average molecular weight is 358 g/mol. The molecule has 0 bridgehead atoms. The maximum Gasteiger partial charge on any atom is 0.315 e. The van der Waals surface area contributed by atoms with Crippen molar-refractivity contribution in [2.24, 2.45) is 0 Å². The quantitative estimate of drug-likeness (QED) is 0.860. The molecule has 5 nitrogen and oxygen atoms in total. The van der Waals surface area contributed by atoms with Gasteiger partial charge < -0.3 is 15.5 Å². The molecule has 130 valence electrons. The van der Waals surface area contributed by atoms with E-state index in [0.29, 0.717) is 24.5 Å². The molecule has 0 unspecified atom stereocenters. The Hall–Kier alpha value is -2.53. The minimum Gasteiger partial charge on any atom is -0.334 e. The summed E-state index contributed by atoms with van der Waals surface area (Å²) in [6.07, 6.45) is 1.53. The molecule has 0 spiro atoms. The van der Waals surface area contributed by atoms with Crippen LogP contribution in [-0.2, 0) is 17.9 Å². The lowest BCUT2D eigenvalue weighted by Gasteiger charge is -2.16. The number of rotatable bonds is 5. The van der Waals surface area contributed by atoms with Gasteiger partial charge in [-0.25, -0.2) is 4.79 Å². The predicted octanol–water partition coefficient (Wildman–Crippen LogP) is 3.47. The molecule has 0 saturated carbocycles. The number of nitrogens with zero attached hydrogens (tertiary/aromatic N) is 1. The summed E-state index contributed by atoms with van der Waals surface area (Å²) in [5.74, 6) is 0.174. The van der Waals surface area contributed by atoms with E-state index >= 15 is 0 Å². The SMILES string of the molecule is O=C(NCc1ccc(Cl)cc1)NCc1ccc(N2CCCC2=O)cc1. The van der Waals surface area contributed by atoms with Crippen LogP contribution in [0.15, 0.2) is 48.5 Å². The van der Waals surface area contributed by atoms with E-state index in [0.717, 1.165) is 29.8 Å². The molecule has 0 atom stereocenters. The third-order valence-electron chi connectivity index (χ3n) is 4.14. The third-order valence-corrected chi connectivity index (χ3v) is 4.39. The summed E-state index contributed by atoms with van der Waals surface area (Å²) in [5, 5.41) is 6.30. The summed E-state index contributed by atoms with van der Waals surface area (Å²) in [6, 6.07) is 14.8. The van der Waals surface area contributed by atoms with Gasteiger partial charge in [0.05, 0.1) is 0 Å². The van der Waals surface area contributed by atoms with Crippen LogP contribution in [0.3, 0.4) is 0 Å². The van der Waals surface area contributed by atoms with Gasteiger partial charge in [0.25, 0.3) is 0 Å². The first-order chi connectivity index (χ1) is 12.1. The van der Waals surface area contributed by atoms with Crippen LogP contribution in [0.5, 0.6) is 0 Å². The second-order valence-electron chi connectivity index (χ2n) is 5.98. The van der Waals surface area contributed by atoms with Gasteiger partial charge >= 0.3 is 6.03 Å². The zero-order chi connectivity index (χ0) is 17.6. The van der Waals surface area contributed by atoms with E-state index < -0.39 is 0 Å². The first-order valence-electron chi connectivity index (χ1n) is 8.27. The van der Waals surface area contributed by atoms with Crippen molar-refractivity contribution in [3.05, 3.63) is 64.7 Å². The summed E-state index contributed by atoms with van der Waals surface area (Å²) in [5.41, 5.74) is 2.88. The molecule has 25 heavy (non-hydrogen) atoms. The van der Waals surface area contributed by atoms with Crippen LogP contribution in [0.1, 0.15) is 24.0 Å². The highest BCUT2D eigenvalue weighted by Crippen LogP contribution is 2.21. The number of carbonyl (C=O) groups excluding carboxylic acids is 2. The maximum absolute atomic E-state index is 11.9. The van der Waals surface area contributed by atoms with Gasteiger partial charge in [0.1, 0.15) is 0 Å². The molecule has 1 saturated heterocycles. The van der Waals surface area contributed by atoms with Crippen molar-refractivity contribution in [1.29, 1.82) is 0 Å².